The number of fused-ring (bicyclic) bond motifs is 1. The minimum Gasteiger partial charge on any atom is -0.373 e. The summed E-state index contributed by atoms with van der Waals surface area (Å²) in [5.74, 6) is 2.22. The van der Waals surface area contributed by atoms with Gasteiger partial charge in [-0.1, -0.05) is 24.3 Å². The molecule has 3 heterocycles. The lowest BCUT2D eigenvalue weighted by Crippen LogP contribution is -2.02. The Bertz CT molecular complexity index is 1530. The van der Waals surface area contributed by atoms with Gasteiger partial charge in [0.2, 0.25) is 0 Å². The third-order valence-electron chi connectivity index (χ3n) is 6.01. The molecular formula is C28H26ClN7. The Morgan fingerprint density at radius 3 is 2.50 bits per heavy atom. The maximum Gasteiger partial charge on any atom is 0.139 e. The minimum atomic E-state index is -0.0719. The molecule has 180 valence electrons. The molecule has 3 aromatic heterocycles. The molecule has 3 N–H and O–H groups in total. The maximum atomic E-state index is 6.29. The van der Waals surface area contributed by atoms with Crippen LogP contribution in [-0.2, 0) is 0 Å². The number of pyridine rings is 2. The van der Waals surface area contributed by atoms with Gasteiger partial charge in [0.25, 0.3) is 0 Å². The van der Waals surface area contributed by atoms with Gasteiger partial charge in [-0.05, 0) is 55.3 Å². The molecule has 2 aromatic carbocycles. The normalized spacial score (nSPS) is 11.8. The third kappa shape index (κ3) is 4.78. The van der Waals surface area contributed by atoms with E-state index in [1.54, 1.807) is 12.5 Å². The molecule has 5 aromatic rings. The van der Waals surface area contributed by atoms with Gasteiger partial charge in [0.1, 0.15) is 23.8 Å². The topological polar surface area (TPSA) is 87.7 Å². The molecule has 1 atom stereocenters. The number of aromatic nitrogens is 4. The predicted molar refractivity (Wildman–Crippen MR) is 149 cm³/mol. The van der Waals surface area contributed by atoms with Crippen LogP contribution in [0.1, 0.15) is 23.4 Å². The summed E-state index contributed by atoms with van der Waals surface area (Å²) in [6.07, 6.45) is 5.13. The number of alkyl halides is 1. The quantitative estimate of drug-likeness (QED) is 0.205. The molecule has 0 saturated heterocycles. The highest BCUT2D eigenvalue weighted by Gasteiger charge is 2.14. The standard InChI is InChI=1S/C28H26ClN7/c1-17-9-10-22-21(11-13-32-27(22)35-20-7-4-6-19(14-20)18(2)29)26(17)36-28-23(8-5-12-31-28)24-15-25(30-3)34-16-33-24/h4-16,18H,1-3H3,(H,31,36)(H,32,35)(H,30,33,34). The lowest BCUT2D eigenvalue weighted by molar-refractivity contribution is 1.08. The highest BCUT2D eigenvalue weighted by Crippen LogP contribution is 2.36. The van der Waals surface area contributed by atoms with Crippen LogP contribution in [0.15, 0.2) is 79.4 Å². The fraction of sp³-hybridized carbons (Fsp3) is 0.143. The molecule has 0 fully saturated rings. The summed E-state index contributed by atoms with van der Waals surface area (Å²) in [4.78, 5) is 18.0. The number of hydrogen-bond donors (Lipinski definition) is 3. The molecule has 7 nitrogen and oxygen atoms in total. The van der Waals surface area contributed by atoms with Gasteiger partial charge >= 0.3 is 0 Å². The van der Waals surface area contributed by atoms with Gasteiger partial charge < -0.3 is 16.0 Å². The van der Waals surface area contributed by atoms with E-state index in [4.69, 9.17) is 11.6 Å². The van der Waals surface area contributed by atoms with E-state index in [-0.39, 0.29) is 5.38 Å². The second-order valence-corrected chi connectivity index (χ2v) is 9.10. The van der Waals surface area contributed by atoms with Crippen LogP contribution in [-0.4, -0.2) is 27.0 Å². The van der Waals surface area contributed by atoms with Gasteiger partial charge in [0, 0.05) is 47.5 Å². The molecule has 0 aliphatic rings. The summed E-state index contributed by atoms with van der Waals surface area (Å²) >= 11 is 6.29. The van der Waals surface area contributed by atoms with Crippen molar-refractivity contribution in [3.8, 4) is 11.3 Å². The van der Waals surface area contributed by atoms with Crippen LogP contribution in [0.4, 0.5) is 28.8 Å². The van der Waals surface area contributed by atoms with E-state index in [0.29, 0.717) is 5.82 Å². The summed E-state index contributed by atoms with van der Waals surface area (Å²) in [5, 5.41) is 12.1. The first-order chi connectivity index (χ1) is 17.5. The third-order valence-corrected chi connectivity index (χ3v) is 6.26. The van der Waals surface area contributed by atoms with Crippen LogP contribution in [0, 0.1) is 6.92 Å². The summed E-state index contributed by atoms with van der Waals surface area (Å²) in [6, 6.07) is 20.1. The van der Waals surface area contributed by atoms with E-state index in [0.717, 1.165) is 56.2 Å². The molecule has 0 aliphatic heterocycles. The highest BCUT2D eigenvalue weighted by molar-refractivity contribution is 6.20. The fourth-order valence-corrected chi connectivity index (χ4v) is 4.24. The molecular weight excluding hydrogens is 470 g/mol. The van der Waals surface area contributed by atoms with Crippen LogP contribution in [0.2, 0.25) is 0 Å². The van der Waals surface area contributed by atoms with Crippen molar-refractivity contribution in [1.29, 1.82) is 0 Å². The Balaban J connectivity index is 1.55. The van der Waals surface area contributed by atoms with Crippen LogP contribution in [0.25, 0.3) is 22.0 Å². The minimum absolute atomic E-state index is 0.0719. The Morgan fingerprint density at radius 2 is 1.67 bits per heavy atom. The van der Waals surface area contributed by atoms with Gasteiger partial charge in [0.05, 0.1) is 16.8 Å². The molecule has 5 rings (SSSR count). The average Bonchev–Trinajstić information content (AvgIpc) is 2.91. The van der Waals surface area contributed by atoms with Crippen LogP contribution >= 0.6 is 11.6 Å². The van der Waals surface area contributed by atoms with E-state index in [2.05, 4.69) is 54.9 Å². The van der Waals surface area contributed by atoms with E-state index < -0.39 is 0 Å². The number of anilines is 5. The molecule has 0 radical (unpaired) electrons. The highest BCUT2D eigenvalue weighted by atomic mass is 35.5. The lowest BCUT2D eigenvalue weighted by atomic mass is 10.0. The Kier molecular flexibility index (Phi) is 6.64. The number of halogens is 1. The number of hydrogen-bond acceptors (Lipinski definition) is 7. The SMILES string of the molecule is CNc1cc(-c2cccnc2Nc2c(C)ccc3c(Nc4cccc(C(C)Cl)c4)nccc23)ncn1. The molecule has 0 saturated carbocycles. The average molecular weight is 496 g/mol. The summed E-state index contributed by atoms with van der Waals surface area (Å²) in [7, 11) is 1.83. The van der Waals surface area contributed by atoms with E-state index in [1.165, 1.54) is 0 Å². The van der Waals surface area contributed by atoms with Crippen molar-refractivity contribution < 1.29 is 0 Å². The van der Waals surface area contributed by atoms with Crippen molar-refractivity contribution in [2.24, 2.45) is 0 Å². The number of aryl methyl sites for hydroxylation is 1. The number of rotatable bonds is 7. The van der Waals surface area contributed by atoms with Gasteiger partial charge in [-0.3, -0.25) is 0 Å². The number of benzene rings is 2. The van der Waals surface area contributed by atoms with Gasteiger partial charge in [-0.2, -0.15) is 0 Å². The van der Waals surface area contributed by atoms with Crippen molar-refractivity contribution in [2.75, 3.05) is 23.0 Å². The zero-order valence-corrected chi connectivity index (χ0v) is 21.0. The largest absolute Gasteiger partial charge is 0.373 e. The van der Waals surface area contributed by atoms with E-state index in [1.807, 2.05) is 68.7 Å². The second kappa shape index (κ2) is 10.2. The van der Waals surface area contributed by atoms with Crippen LogP contribution in [0.3, 0.4) is 0 Å². The van der Waals surface area contributed by atoms with Gasteiger partial charge in [0.15, 0.2) is 0 Å². The first-order valence-electron chi connectivity index (χ1n) is 11.6. The Labute approximate surface area is 215 Å². The first kappa shape index (κ1) is 23.5. The molecule has 0 bridgehead atoms. The second-order valence-electron chi connectivity index (χ2n) is 8.44. The monoisotopic (exact) mass is 495 g/mol. The van der Waals surface area contributed by atoms with Gasteiger partial charge in [-0.15, -0.1) is 11.6 Å². The molecule has 0 amide bonds. The summed E-state index contributed by atoms with van der Waals surface area (Å²) < 4.78 is 0. The van der Waals surface area contributed by atoms with Crippen molar-refractivity contribution in [3.05, 3.63) is 90.5 Å². The van der Waals surface area contributed by atoms with Crippen molar-refractivity contribution in [3.63, 3.8) is 0 Å². The molecule has 36 heavy (non-hydrogen) atoms. The molecule has 0 spiro atoms. The predicted octanol–water partition coefficient (Wildman–Crippen LogP) is 7.22. The number of nitrogens with zero attached hydrogens (tertiary/aromatic N) is 4. The Morgan fingerprint density at radius 1 is 0.806 bits per heavy atom. The van der Waals surface area contributed by atoms with E-state index >= 15 is 0 Å². The van der Waals surface area contributed by atoms with Crippen molar-refractivity contribution >= 4 is 51.2 Å². The fourth-order valence-electron chi connectivity index (χ4n) is 4.10. The summed E-state index contributed by atoms with van der Waals surface area (Å²) in [6.45, 7) is 4.04. The van der Waals surface area contributed by atoms with Crippen LogP contribution in [0.5, 0.6) is 0 Å². The lowest BCUT2D eigenvalue weighted by Gasteiger charge is -2.17. The van der Waals surface area contributed by atoms with Crippen molar-refractivity contribution in [1.82, 2.24) is 19.9 Å². The smallest absolute Gasteiger partial charge is 0.139 e. The van der Waals surface area contributed by atoms with E-state index in [9.17, 15) is 0 Å². The molecule has 8 heteroatoms. The van der Waals surface area contributed by atoms with Gasteiger partial charge in [-0.25, -0.2) is 19.9 Å². The molecule has 1 unspecified atom stereocenters. The summed E-state index contributed by atoms with van der Waals surface area (Å²) in [5.41, 5.74) is 5.70. The first-order valence-corrected chi connectivity index (χ1v) is 12.1. The zero-order chi connectivity index (χ0) is 25.1. The van der Waals surface area contributed by atoms with Crippen LogP contribution < -0.4 is 16.0 Å². The maximum absolute atomic E-state index is 6.29. The van der Waals surface area contributed by atoms with Crippen molar-refractivity contribution in [2.45, 2.75) is 19.2 Å². The molecule has 0 aliphatic carbocycles. The Hall–Kier alpha value is -4.23. The number of nitrogens with one attached hydrogen (secondary N) is 3. The zero-order valence-electron chi connectivity index (χ0n) is 20.2.